The van der Waals surface area contributed by atoms with Crippen molar-refractivity contribution in [2.24, 2.45) is 0 Å². The number of ether oxygens (including phenoxy) is 3. The van der Waals surface area contributed by atoms with Gasteiger partial charge in [-0.15, -0.1) is 0 Å². The number of methoxy groups -OCH3 is 3. The Labute approximate surface area is 291 Å². The first kappa shape index (κ1) is 35.4. The van der Waals surface area contributed by atoms with Crippen molar-refractivity contribution in [1.82, 2.24) is 25.6 Å². The maximum Gasteiger partial charge on any atom is 0.321 e. The second-order valence-corrected chi connectivity index (χ2v) is 13.2. The summed E-state index contributed by atoms with van der Waals surface area (Å²) in [5, 5.41) is 12.4. The van der Waals surface area contributed by atoms with Crippen LogP contribution in [0, 0.1) is 0 Å². The molecule has 0 aliphatic carbocycles. The van der Waals surface area contributed by atoms with Crippen LogP contribution in [0.1, 0.15) is 13.8 Å². The van der Waals surface area contributed by atoms with Gasteiger partial charge in [0.2, 0.25) is 0 Å². The van der Waals surface area contributed by atoms with E-state index in [1.165, 1.54) is 34.0 Å². The summed E-state index contributed by atoms with van der Waals surface area (Å²) in [6.07, 6.45) is 0. The highest BCUT2D eigenvalue weighted by Crippen LogP contribution is 2.35. The van der Waals surface area contributed by atoms with Gasteiger partial charge in [-0.3, -0.25) is 10.6 Å². The number of halogens is 1. The van der Waals surface area contributed by atoms with Crippen LogP contribution in [-0.4, -0.2) is 61.4 Å². The van der Waals surface area contributed by atoms with Crippen LogP contribution in [0.5, 0.6) is 17.2 Å². The van der Waals surface area contributed by atoms with E-state index in [1.54, 1.807) is 21.3 Å². The summed E-state index contributed by atoms with van der Waals surface area (Å²) >= 11 is 7.69. The van der Waals surface area contributed by atoms with E-state index in [1.807, 2.05) is 62.4 Å². The third-order valence-corrected chi connectivity index (χ3v) is 9.32. The molecule has 0 aliphatic heterocycles. The third kappa shape index (κ3) is 9.77. The fourth-order valence-corrected chi connectivity index (χ4v) is 6.89. The van der Waals surface area contributed by atoms with Crippen molar-refractivity contribution in [3.8, 4) is 17.2 Å². The number of carbonyl (C=O) groups is 2. The molecule has 6 N–H and O–H groups in total. The number of thiazole rings is 3. The molecular weight excluding hydrogens is 728 g/mol. The second-order valence-electron chi connectivity index (χ2n) is 9.18. The number of fused-ring (bicyclic) bond motifs is 3. The molecule has 6 rings (SSSR count). The molecule has 248 valence electrons. The van der Waals surface area contributed by atoms with Gasteiger partial charge in [0.1, 0.15) is 17.2 Å². The predicted octanol–water partition coefficient (Wildman–Crippen LogP) is 7.54. The smallest absolute Gasteiger partial charge is 0.321 e. The molecule has 0 spiro atoms. The van der Waals surface area contributed by atoms with Crippen LogP contribution in [0.2, 0.25) is 0 Å². The number of hydrogen-bond acceptors (Lipinski definition) is 12. The molecule has 0 bridgehead atoms. The summed E-state index contributed by atoms with van der Waals surface area (Å²) < 4.78 is 19.3. The van der Waals surface area contributed by atoms with Crippen molar-refractivity contribution >= 4 is 108 Å². The Morgan fingerprint density at radius 3 is 1.70 bits per heavy atom. The SMILES string of the molecule is CCNC(=O)Nc1nc2cc(Br)c(OC)cc2s1.CCNC(=O)Nc1nc2ccc(OC)cc2s1.COc1ccc2nc(N)sc2c1. The molecule has 17 heteroatoms. The van der Waals surface area contributed by atoms with Crippen LogP contribution in [0.3, 0.4) is 0 Å². The van der Waals surface area contributed by atoms with Gasteiger partial charge in [0, 0.05) is 19.2 Å². The molecule has 0 radical (unpaired) electrons. The van der Waals surface area contributed by atoms with E-state index in [0.717, 1.165) is 52.4 Å². The first-order valence-corrected chi connectivity index (χ1v) is 17.3. The molecule has 47 heavy (non-hydrogen) atoms. The Morgan fingerprint density at radius 1 is 0.702 bits per heavy atom. The van der Waals surface area contributed by atoms with Gasteiger partial charge in [0.05, 0.1) is 56.5 Å². The van der Waals surface area contributed by atoms with Gasteiger partial charge in [0.25, 0.3) is 0 Å². The van der Waals surface area contributed by atoms with E-state index in [9.17, 15) is 9.59 Å². The number of aromatic nitrogens is 3. The molecular formula is C30H33BrN8O5S3. The maximum absolute atomic E-state index is 11.4. The lowest BCUT2D eigenvalue weighted by atomic mass is 10.3. The zero-order valence-electron chi connectivity index (χ0n) is 26.1. The van der Waals surface area contributed by atoms with Crippen LogP contribution in [0.15, 0.2) is 53.0 Å². The average molecular weight is 762 g/mol. The lowest BCUT2D eigenvalue weighted by molar-refractivity contribution is 0.251. The number of anilines is 3. The zero-order chi connectivity index (χ0) is 33.9. The van der Waals surface area contributed by atoms with Crippen LogP contribution < -0.4 is 41.2 Å². The van der Waals surface area contributed by atoms with Gasteiger partial charge in [-0.2, -0.15) is 0 Å². The van der Waals surface area contributed by atoms with Crippen molar-refractivity contribution in [2.75, 3.05) is 50.8 Å². The maximum atomic E-state index is 11.4. The van der Waals surface area contributed by atoms with Crippen LogP contribution >= 0.6 is 49.9 Å². The summed E-state index contributed by atoms with van der Waals surface area (Å²) in [7, 11) is 4.88. The standard InChI is InChI=1S/C11H12BrN3O2S.C11H13N3O2S.C8H8N2OS/c1-3-13-10(16)15-11-14-7-4-6(12)8(17-2)5-9(7)18-11;1-3-12-10(15)14-11-13-8-5-4-7(16-2)6-9(8)17-11;1-11-5-2-3-6-7(4-5)12-8(9)10-6/h4-5H,3H2,1-2H3,(H2,13,14,15,16);4-6H,3H2,1-2H3,(H2,12,13,14,15);2-4H,1H3,(H2,9,10). The summed E-state index contributed by atoms with van der Waals surface area (Å²) in [5.74, 6) is 2.37. The monoisotopic (exact) mass is 760 g/mol. The molecule has 0 aliphatic rings. The number of nitrogens with one attached hydrogen (secondary N) is 4. The molecule has 0 saturated carbocycles. The van der Waals surface area contributed by atoms with Gasteiger partial charge >= 0.3 is 12.1 Å². The van der Waals surface area contributed by atoms with Gasteiger partial charge in [-0.05, 0) is 72.2 Å². The van der Waals surface area contributed by atoms with E-state index < -0.39 is 0 Å². The molecule has 0 saturated heterocycles. The minimum Gasteiger partial charge on any atom is -0.497 e. The summed E-state index contributed by atoms with van der Waals surface area (Å²) in [4.78, 5) is 35.5. The van der Waals surface area contributed by atoms with E-state index in [-0.39, 0.29) is 12.1 Å². The third-order valence-electron chi connectivity index (χ3n) is 5.99. The molecule has 3 aromatic carbocycles. The second kappa shape index (κ2) is 16.9. The fraction of sp³-hybridized carbons (Fsp3) is 0.233. The number of rotatable bonds is 7. The van der Waals surface area contributed by atoms with Gasteiger partial charge < -0.3 is 30.6 Å². The predicted molar refractivity (Wildman–Crippen MR) is 196 cm³/mol. The number of urea groups is 2. The number of carbonyl (C=O) groups excluding carboxylic acids is 2. The number of nitrogens with two attached hydrogens (primary N) is 1. The van der Waals surface area contributed by atoms with Crippen molar-refractivity contribution in [2.45, 2.75) is 13.8 Å². The Balaban J connectivity index is 0.000000163. The minimum absolute atomic E-state index is 0.237. The number of amides is 4. The first-order valence-electron chi connectivity index (χ1n) is 14.0. The highest BCUT2D eigenvalue weighted by molar-refractivity contribution is 9.10. The highest BCUT2D eigenvalue weighted by Gasteiger charge is 2.11. The lowest BCUT2D eigenvalue weighted by Crippen LogP contribution is -2.28. The van der Waals surface area contributed by atoms with E-state index in [2.05, 4.69) is 52.1 Å². The molecule has 0 fully saturated rings. The largest absolute Gasteiger partial charge is 0.497 e. The molecule has 6 aromatic rings. The lowest BCUT2D eigenvalue weighted by Gasteiger charge is -2.01. The number of nitrogens with zero attached hydrogens (tertiary/aromatic N) is 3. The van der Waals surface area contributed by atoms with E-state index in [0.29, 0.717) is 28.5 Å². The number of hydrogen-bond donors (Lipinski definition) is 5. The minimum atomic E-state index is -0.248. The summed E-state index contributed by atoms with van der Waals surface area (Å²) in [5.41, 5.74) is 8.15. The Hall–Kier alpha value is -4.45. The van der Waals surface area contributed by atoms with Crippen LogP contribution in [-0.2, 0) is 0 Å². The fourth-order valence-electron chi connectivity index (χ4n) is 3.88. The van der Waals surface area contributed by atoms with Crippen molar-refractivity contribution in [3.63, 3.8) is 0 Å². The average Bonchev–Trinajstić information content (AvgIpc) is 3.75. The molecule has 4 amide bonds. The Morgan fingerprint density at radius 2 is 1.19 bits per heavy atom. The molecule has 3 aromatic heterocycles. The Bertz CT molecular complexity index is 1980. The quantitative estimate of drug-likeness (QED) is 0.110. The molecule has 0 atom stereocenters. The number of benzene rings is 3. The Kier molecular flexibility index (Phi) is 12.7. The van der Waals surface area contributed by atoms with Crippen molar-refractivity contribution in [3.05, 3.63) is 53.0 Å². The summed E-state index contributed by atoms with van der Waals surface area (Å²) in [6, 6.07) is 14.6. The number of nitrogen functional groups attached to an aromatic ring is 1. The van der Waals surface area contributed by atoms with Crippen LogP contribution in [0.25, 0.3) is 30.6 Å². The van der Waals surface area contributed by atoms with Crippen molar-refractivity contribution < 1.29 is 23.8 Å². The van der Waals surface area contributed by atoms with E-state index >= 15 is 0 Å². The van der Waals surface area contributed by atoms with Gasteiger partial charge in [-0.25, -0.2) is 24.5 Å². The summed E-state index contributed by atoms with van der Waals surface area (Å²) in [6.45, 7) is 4.89. The van der Waals surface area contributed by atoms with Crippen molar-refractivity contribution in [1.29, 1.82) is 0 Å². The van der Waals surface area contributed by atoms with Gasteiger partial charge in [0.15, 0.2) is 15.4 Å². The van der Waals surface area contributed by atoms with Crippen LogP contribution in [0.4, 0.5) is 25.0 Å². The topological polar surface area (TPSA) is 175 Å². The normalized spacial score (nSPS) is 10.3. The molecule has 3 heterocycles. The highest BCUT2D eigenvalue weighted by atomic mass is 79.9. The first-order chi connectivity index (χ1) is 22.7. The molecule has 0 unspecified atom stereocenters. The molecule has 13 nitrogen and oxygen atoms in total. The van der Waals surface area contributed by atoms with E-state index in [4.69, 9.17) is 19.9 Å². The van der Waals surface area contributed by atoms with Gasteiger partial charge in [-0.1, -0.05) is 34.0 Å². The zero-order valence-corrected chi connectivity index (χ0v) is 30.1.